The van der Waals surface area contributed by atoms with E-state index in [1.807, 2.05) is 31.0 Å². The molecule has 2 rings (SSSR count). The van der Waals surface area contributed by atoms with Gasteiger partial charge >= 0.3 is 0 Å². The highest BCUT2D eigenvalue weighted by Gasteiger charge is 2.25. The summed E-state index contributed by atoms with van der Waals surface area (Å²) in [5.41, 5.74) is 2.90. The van der Waals surface area contributed by atoms with Gasteiger partial charge in [0.2, 0.25) is 0 Å². The van der Waals surface area contributed by atoms with Gasteiger partial charge in [-0.3, -0.25) is 4.79 Å². The van der Waals surface area contributed by atoms with Crippen LogP contribution >= 0.6 is 24.8 Å². The summed E-state index contributed by atoms with van der Waals surface area (Å²) in [7, 11) is 1.91. The highest BCUT2D eigenvalue weighted by Crippen LogP contribution is 2.23. The number of nitrogens with zero attached hydrogens (tertiary/aromatic N) is 1. The molecular formula is C18H31Cl2N3O. The number of amides is 1. The van der Waals surface area contributed by atoms with Gasteiger partial charge in [0.1, 0.15) is 0 Å². The van der Waals surface area contributed by atoms with E-state index in [9.17, 15) is 4.79 Å². The quantitative estimate of drug-likeness (QED) is 0.823. The van der Waals surface area contributed by atoms with Crippen molar-refractivity contribution in [2.45, 2.75) is 46.2 Å². The van der Waals surface area contributed by atoms with Crippen LogP contribution in [-0.2, 0) is 0 Å². The van der Waals surface area contributed by atoms with Crippen LogP contribution in [0.2, 0.25) is 0 Å². The molecule has 0 aliphatic carbocycles. The Bertz CT molecular complexity index is 531. The summed E-state index contributed by atoms with van der Waals surface area (Å²) in [6.07, 6.45) is 1.03. The highest BCUT2D eigenvalue weighted by molar-refractivity contribution is 5.97. The Balaban J connectivity index is 0.00000264. The molecule has 0 aromatic heterocycles. The van der Waals surface area contributed by atoms with Crippen LogP contribution in [-0.4, -0.2) is 43.0 Å². The van der Waals surface area contributed by atoms with Gasteiger partial charge in [-0.15, -0.1) is 24.8 Å². The van der Waals surface area contributed by atoms with Crippen molar-refractivity contribution in [1.29, 1.82) is 0 Å². The van der Waals surface area contributed by atoms with E-state index in [0.717, 1.165) is 36.3 Å². The summed E-state index contributed by atoms with van der Waals surface area (Å²) in [5, 5.41) is 6.85. The minimum Gasteiger partial charge on any atom is -0.382 e. The van der Waals surface area contributed by atoms with E-state index in [1.165, 1.54) is 0 Å². The molecule has 1 aliphatic heterocycles. The monoisotopic (exact) mass is 375 g/mol. The predicted molar refractivity (Wildman–Crippen MR) is 107 cm³/mol. The minimum absolute atomic E-state index is 0. The molecule has 138 valence electrons. The molecule has 1 aromatic rings. The third-order valence-electron chi connectivity index (χ3n) is 4.85. The largest absolute Gasteiger partial charge is 0.382 e. The molecule has 2 atom stereocenters. The molecule has 1 aromatic carbocycles. The molecule has 2 N–H and O–H groups in total. The van der Waals surface area contributed by atoms with Gasteiger partial charge in [0.15, 0.2) is 0 Å². The SMILES string of the molecule is Cc1c(NC(C)C(C)C)cccc1C(=O)N(C)C1CCNC1.Cl.Cl. The van der Waals surface area contributed by atoms with Gasteiger partial charge in [0, 0.05) is 36.9 Å². The van der Waals surface area contributed by atoms with Gasteiger partial charge in [0.05, 0.1) is 0 Å². The van der Waals surface area contributed by atoms with E-state index in [2.05, 4.69) is 37.5 Å². The zero-order valence-corrected chi connectivity index (χ0v) is 16.9. The molecular weight excluding hydrogens is 345 g/mol. The molecule has 4 nitrogen and oxygen atoms in total. The van der Waals surface area contributed by atoms with Crippen LogP contribution in [0.15, 0.2) is 18.2 Å². The molecule has 1 aliphatic rings. The smallest absolute Gasteiger partial charge is 0.254 e. The number of nitrogens with one attached hydrogen (secondary N) is 2. The molecule has 1 heterocycles. The van der Waals surface area contributed by atoms with Gasteiger partial charge in [-0.05, 0) is 50.4 Å². The number of halogens is 2. The molecule has 0 bridgehead atoms. The number of hydrogen-bond acceptors (Lipinski definition) is 3. The van der Waals surface area contributed by atoms with Gasteiger partial charge in [0.25, 0.3) is 5.91 Å². The number of anilines is 1. The predicted octanol–water partition coefficient (Wildman–Crippen LogP) is 3.73. The zero-order valence-electron chi connectivity index (χ0n) is 15.3. The van der Waals surface area contributed by atoms with E-state index in [1.54, 1.807) is 0 Å². The fraction of sp³-hybridized carbons (Fsp3) is 0.611. The van der Waals surface area contributed by atoms with E-state index < -0.39 is 0 Å². The van der Waals surface area contributed by atoms with Crippen molar-refractivity contribution in [1.82, 2.24) is 10.2 Å². The van der Waals surface area contributed by atoms with Crippen molar-refractivity contribution < 1.29 is 4.79 Å². The first-order chi connectivity index (χ1) is 10.4. The lowest BCUT2D eigenvalue weighted by atomic mass is 10.0. The number of carbonyl (C=O) groups excluding carboxylic acids is 1. The van der Waals surface area contributed by atoms with E-state index in [-0.39, 0.29) is 30.7 Å². The Morgan fingerprint density at radius 1 is 1.29 bits per heavy atom. The van der Waals surface area contributed by atoms with Crippen LogP contribution in [0.3, 0.4) is 0 Å². The fourth-order valence-corrected chi connectivity index (χ4v) is 2.76. The second-order valence-corrected chi connectivity index (χ2v) is 6.72. The van der Waals surface area contributed by atoms with Gasteiger partial charge < -0.3 is 15.5 Å². The number of likely N-dealkylation sites (N-methyl/N-ethyl adjacent to an activating group) is 1. The number of carbonyl (C=O) groups is 1. The highest BCUT2D eigenvalue weighted by atomic mass is 35.5. The van der Waals surface area contributed by atoms with Crippen molar-refractivity contribution in [2.24, 2.45) is 5.92 Å². The molecule has 0 radical (unpaired) electrons. The third-order valence-corrected chi connectivity index (χ3v) is 4.85. The Morgan fingerprint density at radius 2 is 1.96 bits per heavy atom. The first kappa shape index (κ1) is 23.0. The molecule has 1 saturated heterocycles. The summed E-state index contributed by atoms with van der Waals surface area (Å²) in [4.78, 5) is 14.7. The van der Waals surface area contributed by atoms with Crippen molar-refractivity contribution in [3.05, 3.63) is 29.3 Å². The molecule has 0 spiro atoms. The molecule has 0 saturated carbocycles. The van der Waals surface area contributed by atoms with Gasteiger partial charge in [-0.2, -0.15) is 0 Å². The van der Waals surface area contributed by atoms with Crippen LogP contribution in [0.25, 0.3) is 0 Å². The average molecular weight is 376 g/mol. The molecule has 2 unspecified atom stereocenters. The number of hydrogen-bond donors (Lipinski definition) is 2. The van der Waals surface area contributed by atoms with Crippen molar-refractivity contribution in [3.63, 3.8) is 0 Å². The van der Waals surface area contributed by atoms with Crippen LogP contribution in [0.1, 0.15) is 43.1 Å². The lowest BCUT2D eigenvalue weighted by Crippen LogP contribution is -2.38. The Kier molecular flexibility index (Phi) is 9.71. The zero-order chi connectivity index (χ0) is 16.3. The molecule has 1 fully saturated rings. The van der Waals surface area contributed by atoms with Crippen LogP contribution in [0.5, 0.6) is 0 Å². The number of rotatable bonds is 5. The van der Waals surface area contributed by atoms with Crippen LogP contribution in [0.4, 0.5) is 5.69 Å². The fourth-order valence-electron chi connectivity index (χ4n) is 2.76. The number of benzene rings is 1. The topological polar surface area (TPSA) is 44.4 Å². The van der Waals surface area contributed by atoms with Crippen LogP contribution in [0, 0.1) is 12.8 Å². The second-order valence-electron chi connectivity index (χ2n) is 6.72. The van der Waals surface area contributed by atoms with E-state index in [4.69, 9.17) is 0 Å². The average Bonchev–Trinajstić information content (AvgIpc) is 3.02. The first-order valence-electron chi connectivity index (χ1n) is 8.25. The maximum atomic E-state index is 12.8. The minimum atomic E-state index is 0. The Morgan fingerprint density at radius 3 is 2.50 bits per heavy atom. The summed E-state index contributed by atoms with van der Waals surface area (Å²) in [5.74, 6) is 0.665. The van der Waals surface area contributed by atoms with Crippen LogP contribution < -0.4 is 10.6 Å². The summed E-state index contributed by atoms with van der Waals surface area (Å²) < 4.78 is 0. The Labute approximate surface area is 158 Å². The van der Waals surface area contributed by atoms with E-state index in [0.29, 0.717) is 18.0 Å². The summed E-state index contributed by atoms with van der Waals surface area (Å²) >= 11 is 0. The second kappa shape index (κ2) is 10.1. The maximum Gasteiger partial charge on any atom is 0.254 e. The third kappa shape index (κ3) is 5.27. The standard InChI is InChI=1S/C18H29N3O.2ClH/c1-12(2)14(4)20-17-8-6-7-16(13(17)3)18(22)21(5)15-9-10-19-11-15;;/h6-8,12,14-15,19-20H,9-11H2,1-5H3;2*1H. The molecule has 6 heteroatoms. The van der Waals surface area contributed by atoms with Gasteiger partial charge in [-0.1, -0.05) is 19.9 Å². The lowest BCUT2D eigenvalue weighted by Gasteiger charge is -2.26. The lowest BCUT2D eigenvalue weighted by molar-refractivity contribution is 0.0743. The van der Waals surface area contributed by atoms with Crippen molar-refractivity contribution >= 4 is 36.4 Å². The maximum absolute atomic E-state index is 12.8. The molecule has 1 amide bonds. The molecule has 24 heavy (non-hydrogen) atoms. The Hall–Kier alpha value is -0.970. The normalized spacial score (nSPS) is 17.7. The summed E-state index contributed by atoms with van der Waals surface area (Å²) in [6, 6.07) is 6.64. The summed E-state index contributed by atoms with van der Waals surface area (Å²) in [6.45, 7) is 10.5. The first-order valence-corrected chi connectivity index (χ1v) is 8.25. The van der Waals surface area contributed by atoms with E-state index >= 15 is 0 Å². The van der Waals surface area contributed by atoms with Crippen molar-refractivity contribution in [3.8, 4) is 0 Å². The van der Waals surface area contributed by atoms with Crippen molar-refractivity contribution in [2.75, 3.05) is 25.5 Å². The van der Waals surface area contributed by atoms with Gasteiger partial charge in [-0.25, -0.2) is 0 Å².